The lowest BCUT2D eigenvalue weighted by Gasteiger charge is -2.26. The molecule has 3 aromatic carbocycles. The maximum atomic E-state index is 13.0. The number of carbonyl (C=O) groups excluding carboxylic acids is 1. The van der Waals surface area contributed by atoms with E-state index in [2.05, 4.69) is 0 Å². The van der Waals surface area contributed by atoms with Crippen molar-refractivity contribution < 1.29 is 17.9 Å². The highest BCUT2D eigenvalue weighted by molar-refractivity contribution is 7.89. The van der Waals surface area contributed by atoms with Crippen LogP contribution in [0.3, 0.4) is 0 Å². The highest BCUT2D eigenvalue weighted by Crippen LogP contribution is 2.32. The Bertz CT molecular complexity index is 1270. The first-order chi connectivity index (χ1) is 15.5. The SMILES string of the molecule is O=C(COc1ccc2ccccc2c1)N1CCc2cc(S(=O)(=O)N3CCCCC3)ccc21. The Morgan fingerprint density at radius 3 is 2.47 bits per heavy atom. The van der Waals surface area contributed by atoms with Gasteiger partial charge in [0.25, 0.3) is 5.91 Å². The maximum Gasteiger partial charge on any atom is 0.264 e. The van der Waals surface area contributed by atoms with Crippen molar-refractivity contribution in [2.45, 2.75) is 30.6 Å². The number of hydrogen-bond donors (Lipinski definition) is 0. The van der Waals surface area contributed by atoms with Crippen LogP contribution >= 0.6 is 0 Å². The molecule has 3 aromatic rings. The molecule has 0 radical (unpaired) electrons. The molecule has 0 bridgehead atoms. The van der Waals surface area contributed by atoms with Crippen LogP contribution in [-0.4, -0.2) is 44.9 Å². The molecule has 0 atom stereocenters. The van der Waals surface area contributed by atoms with Crippen LogP contribution in [0.15, 0.2) is 65.6 Å². The second-order valence-corrected chi connectivity index (χ2v) is 10.3. The third-order valence-corrected chi connectivity index (χ3v) is 8.18. The van der Waals surface area contributed by atoms with Crippen LogP contribution in [0.1, 0.15) is 24.8 Å². The van der Waals surface area contributed by atoms with Crippen LogP contribution in [0.2, 0.25) is 0 Å². The molecular weight excluding hydrogens is 424 g/mol. The summed E-state index contributed by atoms with van der Waals surface area (Å²) in [4.78, 5) is 14.9. The van der Waals surface area contributed by atoms with E-state index in [4.69, 9.17) is 4.74 Å². The summed E-state index contributed by atoms with van der Waals surface area (Å²) in [5, 5.41) is 2.18. The fraction of sp³-hybridized carbons (Fsp3) is 0.320. The van der Waals surface area contributed by atoms with Crippen molar-refractivity contribution in [3.05, 3.63) is 66.2 Å². The lowest BCUT2D eigenvalue weighted by molar-refractivity contribution is -0.120. The first-order valence-corrected chi connectivity index (χ1v) is 12.5. The van der Waals surface area contributed by atoms with Crippen molar-refractivity contribution in [1.29, 1.82) is 0 Å². The van der Waals surface area contributed by atoms with Crippen LogP contribution in [0.4, 0.5) is 5.69 Å². The van der Waals surface area contributed by atoms with E-state index >= 15 is 0 Å². The van der Waals surface area contributed by atoms with Gasteiger partial charge in [-0.05, 0) is 65.9 Å². The number of anilines is 1. The summed E-state index contributed by atoms with van der Waals surface area (Å²) in [6.45, 7) is 1.63. The van der Waals surface area contributed by atoms with Gasteiger partial charge in [-0.1, -0.05) is 36.8 Å². The number of sulfonamides is 1. The molecule has 6 nitrogen and oxygen atoms in total. The molecule has 2 aliphatic rings. The molecule has 1 fully saturated rings. The number of fused-ring (bicyclic) bond motifs is 2. The molecule has 5 rings (SSSR count). The molecule has 0 spiro atoms. The van der Waals surface area contributed by atoms with E-state index in [0.717, 1.165) is 41.3 Å². The van der Waals surface area contributed by atoms with Gasteiger partial charge in [-0.2, -0.15) is 4.31 Å². The zero-order valence-electron chi connectivity index (χ0n) is 17.9. The van der Waals surface area contributed by atoms with E-state index in [1.807, 2.05) is 42.5 Å². The number of amides is 1. The molecular formula is C25H26N2O4S. The topological polar surface area (TPSA) is 66.9 Å². The molecule has 0 saturated carbocycles. The third-order valence-electron chi connectivity index (χ3n) is 6.28. The predicted molar refractivity (Wildman–Crippen MR) is 125 cm³/mol. The van der Waals surface area contributed by atoms with E-state index in [9.17, 15) is 13.2 Å². The normalized spacial score (nSPS) is 16.8. The quantitative estimate of drug-likeness (QED) is 0.590. The highest BCUT2D eigenvalue weighted by atomic mass is 32.2. The Labute approximate surface area is 188 Å². The Kier molecular flexibility index (Phi) is 5.61. The van der Waals surface area contributed by atoms with Gasteiger partial charge in [0.2, 0.25) is 10.0 Å². The van der Waals surface area contributed by atoms with Crippen LogP contribution in [-0.2, 0) is 21.2 Å². The number of ether oxygens (including phenoxy) is 1. The molecule has 0 N–H and O–H groups in total. The molecule has 2 heterocycles. The van der Waals surface area contributed by atoms with E-state index in [1.165, 1.54) is 0 Å². The summed E-state index contributed by atoms with van der Waals surface area (Å²) >= 11 is 0. The van der Waals surface area contributed by atoms with Gasteiger partial charge in [0, 0.05) is 25.3 Å². The molecule has 0 unspecified atom stereocenters. The molecule has 0 aromatic heterocycles. The van der Waals surface area contributed by atoms with Gasteiger partial charge < -0.3 is 9.64 Å². The zero-order chi connectivity index (χ0) is 22.1. The summed E-state index contributed by atoms with van der Waals surface area (Å²) in [5.41, 5.74) is 1.66. The van der Waals surface area contributed by atoms with E-state index in [-0.39, 0.29) is 12.5 Å². The lowest BCUT2D eigenvalue weighted by atomic mass is 10.1. The zero-order valence-corrected chi connectivity index (χ0v) is 18.7. The second-order valence-electron chi connectivity index (χ2n) is 8.35. The van der Waals surface area contributed by atoms with Crippen molar-refractivity contribution in [2.24, 2.45) is 0 Å². The van der Waals surface area contributed by atoms with E-state index in [1.54, 1.807) is 27.4 Å². The first kappa shape index (κ1) is 21.0. The number of hydrogen-bond acceptors (Lipinski definition) is 4. The summed E-state index contributed by atoms with van der Waals surface area (Å²) < 4.78 is 33.3. The summed E-state index contributed by atoms with van der Waals surface area (Å²) in [6.07, 6.45) is 3.53. The van der Waals surface area contributed by atoms with Crippen molar-refractivity contribution in [3.63, 3.8) is 0 Å². The van der Waals surface area contributed by atoms with E-state index in [0.29, 0.717) is 36.7 Å². The summed E-state index contributed by atoms with van der Waals surface area (Å²) in [7, 11) is -3.48. The van der Waals surface area contributed by atoms with Gasteiger partial charge in [0.1, 0.15) is 5.75 Å². The molecule has 2 aliphatic heterocycles. The number of carbonyl (C=O) groups is 1. The number of rotatable bonds is 5. The second kappa shape index (κ2) is 8.56. The average molecular weight is 451 g/mol. The minimum atomic E-state index is -3.48. The fourth-order valence-electron chi connectivity index (χ4n) is 4.53. The lowest BCUT2D eigenvalue weighted by Crippen LogP contribution is -2.35. The van der Waals surface area contributed by atoms with Crippen LogP contribution in [0, 0.1) is 0 Å². The summed E-state index contributed by atoms with van der Waals surface area (Å²) in [6, 6.07) is 18.9. The van der Waals surface area contributed by atoms with Crippen molar-refractivity contribution in [1.82, 2.24) is 4.31 Å². The Morgan fingerprint density at radius 2 is 1.66 bits per heavy atom. The average Bonchev–Trinajstić information content (AvgIpc) is 3.26. The number of nitrogens with zero attached hydrogens (tertiary/aromatic N) is 2. The summed E-state index contributed by atoms with van der Waals surface area (Å²) in [5.74, 6) is 0.517. The van der Waals surface area contributed by atoms with Crippen LogP contribution < -0.4 is 9.64 Å². The molecule has 0 aliphatic carbocycles. The highest BCUT2D eigenvalue weighted by Gasteiger charge is 2.30. The molecule has 1 saturated heterocycles. The van der Waals surface area contributed by atoms with Crippen molar-refractivity contribution >= 4 is 32.4 Å². The van der Waals surface area contributed by atoms with Gasteiger partial charge in [0.05, 0.1) is 4.90 Å². The van der Waals surface area contributed by atoms with Gasteiger partial charge >= 0.3 is 0 Å². The van der Waals surface area contributed by atoms with Crippen molar-refractivity contribution in [3.8, 4) is 5.75 Å². The maximum absolute atomic E-state index is 13.0. The van der Waals surface area contributed by atoms with Crippen molar-refractivity contribution in [2.75, 3.05) is 31.1 Å². The van der Waals surface area contributed by atoms with Crippen LogP contribution in [0.25, 0.3) is 10.8 Å². The van der Waals surface area contributed by atoms with Gasteiger partial charge in [0.15, 0.2) is 6.61 Å². The minimum Gasteiger partial charge on any atom is -0.484 e. The van der Waals surface area contributed by atoms with Crippen LogP contribution in [0.5, 0.6) is 5.75 Å². The largest absolute Gasteiger partial charge is 0.484 e. The van der Waals surface area contributed by atoms with E-state index < -0.39 is 10.0 Å². The fourth-order valence-corrected chi connectivity index (χ4v) is 6.10. The Hall–Kier alpha value is -2.90. The van der Waals surface area contributed by atoms with Gasteiger partial charge in [-0.25, -0.2) is 8.42 Å². The number of piperidine rings is 1. The Balaban J connectivity index is 1.28. The predicted octanol–water partition coefficient (Wildman–Crippen LogP) is 3.98. The first-order valence-electron chi connectivity index (χ1n) is 11.1. The molecule has 32 heavy (non-hydrogen) atoms. The van der Waals surface area contributed by atoms with Gasteiger partial charge in [-0.3, -0.25) is 4.79 Å². The minimum absolute atomic E-state index is 0.0639. The molecule has 1 amide bonds. The molecule has 166 valence electrons. The smallest absolute Gasteiger partial charge is 0.264 e. The van der Waals surface area contributed by atoms with Gasteiger partial charge in [-0.15, -0.1) is 0 Å². The third kappa shape index (κ3) is 3.98. The standard InChI is InChI=1S/C25H26N2O4S/c28-25(18-31-22-9-8-19-6-2-3-7-20(19)16-22)27-15-12-21-17-23(10-11-24(21)27)32(29,30)26-13-4-1-5-14-26/h2-3,6-11,16-17H,1,4-5,12-15,18H2. The number of benzene rings is 3. The Morgan fingerprint density at radius 1 is 0.875 bits per heavy atom. The molecule has 7 heteroatoms. The monoisotopic (exact) mass is 450 g/mol.